The van der Waals surface area contributed by atoms with Crippen LogP contribution in [0.1, 0.15) is 30.4 Å². The van der Waals surface area contributed by atoms with E-state index in [2.05, 4.69) is 5.16 Å². The van der Waals surface area contributed by atoms with Gasteiger partial charge in [0, 0.05) is 29.5 Å². The summed E-state index contributed by atoms with van der Waals surface area (Å²) in [6, 6.07) is 15.4. The van der Waals surface area contributed by atoms with Crippen LogP contribution in [0.2, 0.25) is 5.02 Å². The quantitative estimate of drug-likeness (QED) is 0.699. The van der Waals surface area contributed by atoms with Crippen LogP contribution in [0.15, 0.2) is 53.7 Å². The predicted octanol–water partition coefficient (Wildman–Crippen LogP) is 4.28. The van der Waals surface area contributed by atoms with Crippen molar-refractivity contribution < 1.29 is 14.4 Å². The van der Waals surface area contributed by atoms with Crippen molar-refractivity contribution in [3.05, 3.63) is 64.7 Å². The van der Waals surface area contributed by atoms with E-state index in [0.717, 1.165) is 35.4 Å². The lowest BCUT2D eigenvalue weighted by Crippen LogP contribution is -2.38. The molecule has 146 valence electrons. The second-order valence-corrected chi connectivity index (χ2v) is 7.66. The lowest BCUT2D eigenvalue weighted by Gasteiger charge is -2.25. The fourth-order valence-corrected chi connectivity index (χ4v) is 3.66. The summed E-state index contributed by atoms with van der Waals surface area (Å²) < 4.78 is 5.43. The number of ether oxygens (including phenoxy) is 1. The lowest BCUT2D eigenvalue weighted by atomic mass is 10.0. The van der Waals surface area contributed by atoms with Crippen molar-refractivity contribution in [1.82, 2.24) is 4.90 Å². The minimum atomic E-state index is -0.176. The summed E-state index contributed by atoms with van der Waals surface area (Å²) in [4.78, 5) is 20.4. The third-order valence-electron chi connectivity index (χ3n) is 5.13. The highest BCUT2D eigenvalue weighted by atomic mass is 35.5. The molecule has 0 unspecified atom stereocenters. The smallest absolute Gasteiger partial charge is 0.226 e. The summed E-state index contributed by atoms with van der Waals surface area (Å²) in [7, 11) is 1.65. The van der Waals surface area contributed by atoms with E-state index in [1.165, 1.54) is 0 Å². The molecule has 6 heteroatoms. The number of rotatable bonds is 7. The molecule has 0 saturated heterocycles. The highest BCUT2D eigenvalue weighted by molar-refractivity contribution is 6.31. The molecule has 2 aliphatic rings. The Morgan fingerprint density at radius 3 is 2.71 bits per heavy atom. The third kappa shape index (κ3) is 4.14. The highest BCUT2D eigenvalue weighted by Gasteiger charge is 2.36. The van der Waals surface area contributed by atoms with E-state index in [0.29, 0.717) is 24.5 Å². The molecule has 0 aromatic heterocycles. The van der Waals surface area contributed by atoms with Gasteiger partial charge in [0.1, 0.15) is 5.75 Å². The lowest BCUT2D eigenvalue weighted by molar-refractivity contribution is -0.135. The summed E-state index contributed by atoms with van der Waals surface area (Å²) in [6.07, 6.45) is 2.39. The number of benzene rings is 2. The molecular formula is C22H23ClN2O3. The number of hydrogen-bond donors (Lipinski definition) is 0. The molecule has 0 spiro atoms. The van der Waals surface area contributed by atoms with E-state index < -0.39 is 0 Å². The molecular weight excluding hydrogens is 376 g/mol. The maximum atomic E-state index is 12.8. The van der Waals surface area contributed by atoms with E-state index >= 15 is 0 Å². The van der Waals surface area contributed by atoms with Gasteiger partial charge in [0.05, 0.1) is 19.4 Å². The SMILES string of the molecule is COc1ccccc1C1=NO[C@H](CN(Cc2ccccc2Cl)C(=O)C2CC2)C1. The Morgan fingerprint density at radius 2 is 1.96 bits per heavy atom. The zero-order valence-corrected chi connectivity index (χ0v) is 16.6. The summed E-state index contributed by atoms with van der Waals surface area (Å²) in [5.41, 5.74) is 2.72. The number of amides is 1. The van der Waals surface area contributed by atoms with Gasteiger partial charge in [-0.05, 0) is 36.6 Å². The Kier molecular flexibility index (Phi) is 5.53. The number of carbonyl (C=O) groups excluding carboxylic acids is 1. The van der Waals surface area contributed by atoms with Crippen molar-refractivity contribution in [1.29, 1.82) is 0 Å². The Balaban J connectivity index is 1.46. The first-order valence-corrected chi connectivity index (χ1v) is 9.91. The first-order chi connectivity index (χ1) is 13.7. The number of oxime groups is 1. The predicted molar refractivity (Wildman–Crippen MR) is 109 cm³/mol. The van der Waals surface area contributed by atoms with Crippen LogP contribution in [0.5, 0.6) is 5.75 Å². The van der Waals surface area contributed by atoms with E-state index in [-0.39, 0.29) is 17.9 Å². The number of para-hydroxylation sites is 1. The van der Waals surface area contributed by atoms with Crippen LogP contribution in [0.4, 0.5) is 0 Å². The topological polar surface area (TPSA) is 51.1 Å². The second-order valence-electron chi connectivity index (χ2n) is 7.25. The molecule has 1 saturated carbocycles. The van der Waals surface area contributed by atoms with Crippen molar-refractivity contribution in [3.8, 4) is 5.75 Å². The number of nitrogens with zero attached hydrogens (tertiary/aromatic N) is 2. The Labute approximate surface area is 169 Å². The number of methoxy groups -OCH3 is 1. The van der Waals surface area contributed by atoms with Crippen LogP contribution in [-0.4, -0.2) is 36.3 Å². The molecule has 28 heavy (non-hydrogen) atoms. The molecule has 1 aliphatic carbocycles. The fourth-order valence-electron chi connectivity index (χ4n) is 3.47. The molecule has 0 N–H and O–H groups in total. The zero-order valence-electron chi connectivity index (χ0n) is 15.8. The third-order valence-corrected chi connectivity index (χ3v) is 5.50. The van der Waals surface area contributed by atoms with Gasteiger partial charge in [0.15, 0.2) is 6.10 Å². The van der Waals surface area contributed by atoms with E-state index in [9.17, 15) is 4.79 Å². The van der Waals surface area contributed by atoms with E-state index in [1.807, 2.05) is 53.4 Å². The normalized spacial score (nSPS) is 18.4. The van der Waals surface area contributed by atoms with Gasteiger partial charge in [-0.1, -0.05) is 47.1 Å². The maximum absolute atomic E-state index is 12.8. The largest absolute Gasteiger partial charge is 0.496 e. The van der Waals surface area contributed by atoms with Crippen LogP contribution < -0.4 is 4.74 Å². The Hall–Kier alpha value is -2.53. The van der Waals surface area contributed by atoms with Crippen LogP contribution in [-0.2, 0) is 16.2 Å². The van der Waals surface area contributed by atoms with Crippen molar-refractivity contribution in [2.75, 3.05) is 13.7 Å². The van der Waals surface area contributed by atoms with Gasteiger partial charge in [0.25, 0.3) is 0 Å². The molecule has 1 amide bonds. The maximum Gasteiger partial charge on any atom is 0.226 e. The van der Waals surface area contributed by atoms with E-state index in [4.69, 9.17) is 21.2 Å². The fraction of sp³-hybridized carbons (Fsp3) is 0.364. The van der Waals surface area contributed by atoms with Crippen molar-refractivity contribution in [2.24, 2.45) is 11.1 Å². The average Bonchev–Trinajstić information content (AvgIpc) is 3.47. The average molecular weight is 399 g/mol. The first kappa shape index (κ1) is 18.8. The van der Waals surface area contributed by atoms with Gasteiger partial charge >= 0.3 is 0 Å². The molecule has 0 radical (unpaired) electrons. The number of halogens is 1. The van der Waals surface area contributed by atoms with Crippen molar-refractivity contribution >= 4 is 23.2 Å². The summed E-state index contributed by atoms with van der Waals surface area (Å²) in [5, 5.41) is 4.94. The Morgan fingerprint density at radius 1 is 1.21 bits per heavy atom. The number of carbonyl (C=O) groups is 1. The molecule has 4 rings (SSSR count). The monoisotopic (exact) mass is 398 g/mol. The van der Waals surface area contributed by atoms with Crippen LogP contribution in [0.3, 0.4) is 0 Å². The van der Waals surface area contributed by atoms with Crippen molar-refractivity contribution in [2.45, 2.75) is 31.9 Å². The molecule has 1 atom stereocenters. The Bertz CT molecular complexity index is 895. The summed E-state index contributed by atoms with van der Waals surface area (Å²) in [5.74, 6) is 1.08. The molecule has 1 aliphatic heterocycles. The van der Waals surface area contributed by atoms with Crippen LogP contribution in [0, 0.1) is 5.92 Å². The molecule has 2 aromatic carbocycles. The molecule has 2 aromatic rings. The van der Waals surface area contributed by atoms with Crippen LogP contribution >= 0.6 is 11.6 Å². The van der Waals surface area contributed by atoms with Gasteiger partial charge in [-0.15, -0.1) is 0 Å². The molecule has 1 heterocycles. The minimum Gasteiger partial charge on any atom is -0.496 e. The van der Waals surface area contributed by atoms with Crippen LogP contribution in [0.25, 0.3) is 0 Å². The van der Waals surface area contributed by atoms with Gasteiger partial charge in [-0.25, -0.2) is 0 Å². The van der Waals surface area contributed by atoms with Gasteiger partial charge in [-0.3, -0.25) is 4.79 Å². The van der Waals surface area contributed by atoms with Gasteiger partial charge in [0.2, 0.25) is 5.91 Å². The van der Waals surface area contributed by atoms with Crippen molar-refractivity contribution in [3.63, 3.8) is 0 Å². The second kappa shape index (κ2) is 8.23. The minimum absolute atomic E-state index is 0.137. The number of hydrogen-bond acceptors (Lipinski definition) is 4. The van der Waals surface area contributed by atoms with Gasteiger partial charge < -0.3 is 14.5 Å². The van der Waals surface area contributed by atoms with Gasteiger partial charge in [-0.2, -0.15) is 0 Å². The standard InChI is InChI=1S/C22H23ClN2O3/c1-27-21-9-5-3-7-18(21)20-12-17(28-24-20)14-25(22(26)15-10-11-15)13-16-6-2-4-8-19(16)23/h2-9,15,17H,10-14H2,1H3/t17-/m0/s1. The van der Waals surface area contributed by atoms with E-state index in [1.54, 1.807) is 7.11 Å². The molecule has 5 nitrogen and oxygen atoms in total. The first-order valence-electron chi connectivity index (χ1n) is 9.54. The molecule has 0 bridgehead atoms. The highest BCUT2D eigenvalue weighted by Crippen LogP contribution is 2.33. The molecule has 1 fully saturated rings. The zero-order chi connectivity index (χ0) is 19.5. The summed E-state index contributed by atoms with van der Waals surface area (Å²) >= 11 is 6.32. The summed E-state index contributed by atoms with van der Waals surface area (Å²) in [6.45, 7) is 0.974.